The Morgan fingerprint density at radius 1 is 0.520 bits per heavy atom. The zero-order valence-corrected chi connectivity index (χ0v) is 30.7. The van der Waals surface area contributed by atoms with Crippen molar-refractivity contribution in [2.75, 3.05) is 0 Å². The maximum Gasteiger partial charge on any atom is 0.400 e. The van der Waals surface area contributed by atoms with E-state index in [1.54, 1.807) is 67.1 Å². The maximum atomic E-state index is 12.3. The molecule has 290 valence electrons. The van der Waals surface area contributed by atoms with Gasteiger partial charge >= 0.3 is 18.5 Å². The fourth-order valence-corrected chi connectivity index (χ4v) is 5.10. The Bertz CT molecular complexity index is 1350. The van der Waals surface area contributed by atoms with E-state index in [9.17, 15) is 39.5 Å². The van der Waals surface area contributed by atoms with Gasteiger partial charge in [0, 0.05) is 19.3 Å². The number of nitrogens with zero attached hydrogens (tertiary/aromatic N) is 6. The number of rotatable bonds is 9. The molecule has 20 heteroatoms. The van der Waals surface area contributed by atoms with Crippen LogP contribution in [0, 0.1) is 0 Å². The highest BCUT2D eigenvalue weighted by molar-refractivity contribution is 7.40. The van der Waals surface area contributed by atoms with E-state index < -0.39 is 45.6 Å². The molecule has 3 rings (SSSR count). The molecular weight excluding hydrogens is 710 g/mol. The van der Waals surface area contributed by atoms with Crippen LogP contribution in [-0.4, -0.2) is 32.2 Å². The standard InChI is InChI=1S/3C10H16F3N2.H3O4P/c3*1-4-8-7-15(5-2)9(14(8)3)6-10(11,12)13;1-5(2,3)4/h3*7H,4-6H2,1-3H3;(H3,1,2,3,4)/q3*+1;/p-3. The van der Waals surface area contributed by atoms with Gasteiger partial charge in [0.15, 0.2) is 0 Å². The van der Waals surface area contributed by atoms with Crippen LogP contribution < -0.4 is 28.4 Å². The van der Waals surface area contributed by atoms with Gasteiger partial charge in [0.2, 0.25) is 0 Å². The molecule has 50 heavy (non-hydrogen) atoms. The van der Waals surface area contributed by atoms with Gasteiger partial charge in [-0.25, -0.2) is 27.4 Å². The normalized spacial score (nSPS) is 12.1. The van der Waals surface area contributed by atoms with Crippen molar-refractivity contribution in [3.63, 3.8) is 0 Å². The predicted molar refractivity (Wildman–Crippen MR) is 159 cm³/mol. The Labute approximate surface area is 286 Å². The molecule has 10 nitrogen and oxygen atoms in total. The molecule has 0 spiro atoms. The van der Waals surface area contributed by atoms with Crippen LogP contribution in [0.5, 0.6) is 0 Å². The fraction of sp³-hybridized carbons (Fsp3) is 0.700. The summed E-state index contributed by atoms with van der Waals surface area (Å²) in [6.07, 6.45) is -7.41. The molecule has 3 aromatic rings. The van der Waals surface area contributed by atoms with Crippen LogP contribution in [0.25, 0.3) is 0 Å². The molecule has 0 aromatic carbocycles. The molecule has 0 bridgehead atoms. The second kappa shape index (κ2) is 19.6. The van der Waals surface area contributed by atoms with Crippen molar-refractivity contribution >= 4 is 7.82 Å². The quantitative estimate of drug-likeness (QED) is 0.190. The lowest BCUT2D eigenvalue weighted by Crippen LogP contribution is -2.38. The van der Waals surface area contributed by atoms with E-state index >= 15 is 0 Å². The molecule has 0 amide bonds. The van der Waals surface area contributed by atoms with Gasteiger partial charge in [0.05, 0.1) is 40.8 Å². The smallest absolute Gasteiger partial charge is 0.400 e. The van der Waals surface area contributed by atoms with E-state index in [1.165, 1.54) is 0 Å². The summed E-state index contributed by atoms with van der Waals surface area (Å²) in [5, 5.41) is 0. The largest absolute Gasteiger partial charge is 0.822 e. The summed E-state index contributed by atoms with van der Waals surface area (Å²) in [6.45, 7) is 13.1. The average Bonchev–Trinajstić information content (AvgIpc) is 3.55. The Morgan fingerprint density at radius 3 is 0.820 bits per heavy atom. The van der Waals surface area contributed by atoms with Crippen LogP contribution in [0.4, 0.5) is 39.5 Å². The fourth-order valence-electron chi connectivity index (χ4n) is 5.10. The Balaban J connectivity index is 0.000000674. The number of hydrogen-bond donors (Lipinski definition) is 0. The summed E-state index contributed by atoms with van der Waals surface area (Å²) in [5.41, 5.74) is 2.78. The molecule has 3 heterocycles. The van der Waals surface area contributed by atoms with Crippen LogP contribution in [0.3, 0.4) is 0 Å². The van der Waals surface area contributed by atoms with Gasteiger partial charge in [-0.05, 0) is 20.8 Å². The number of hydrogen-bond acceptors (Lipinski definition) is 4. The monoisotopic (exact) mass is 758 g/mol. The van der Waals surface area contributed by atoms with Crippen LogP contribution >= 0.6 is 7.82 Å². The van der Waals surface area contributed by atoms with E-state index in [1.807, 2.05) is 41.5 Å². The number of imidazole rings is 3. The van der Waals surface area contributed by atoms with Gasteiger partial charge in [0.1, 0.15) is 54.9 Å². The molecule has 0 atom stereocenters. The van der Waals surface area contributed by atoms with Crippen molar-refractivity contribution in [1.29, 1.82) is 0 Å². The van der Waals surface area contributed by atoms with Crippen LogP contribution in [0.15, 0.2) is 18.6 Å². The molecule has 0 aliphatic rings. The van der Waals surface area contributed by atoms with Gasteiger partial charge in [-0.15, -0.1) is 0 Å². The van der Waals surface area contributed by atoms with E-state index in [0.717, 1.165) is 36.3 Å². The summed E-state index contributed by atoms with van der Waals surface area (Å²) in [5.74, 6) is 0.963. The van der Waals surface area contributed by atoms with E-state index in [4.69, 9.17) is 19.2 Å². The molecule has 0 aliphatic heterocycles. The molecule has 0 saturated heterocycles. The van der Waals surface area contributed by atoms with Crippen molar-refractivity contribution < 1.29 is 72.5 Å². The van der Waals surface area contributed by atoms with Crippen LogP contribution in [0.1, 0.15) is 76.1 Å². The lowest BCUT2D eigenvalue weighted by atomic mass is 10.3. The molecule has 0 aliphatic carbocycles. The number of halogens is 9. The summed E-state index contributed by atoms with van der Waals surface area (Å²) >= 11 is 0. The lowest BCUT2D eigenvalue weighted by molar-refractivity contribution is -0.702. The van der Waals surface area contributed by atoms with Gasteiger partial charge in [-0.2, -0.15) is 47.3 Å². The highest BCUT2D eigenvalue weighted by atomic mass is 31.2. The number of aromatic nitrogens is 6. The first-order valence-electron chi connectivity index (χ1n) is 15.8. The first kappa shape index (κ1) is 47.1. The minimum atomic E-state index is -5.39. The molecule has 3 aromatic heterocycles. The third-order valence-corrected chi connectivity index (χ3v) is 7.55. The zero-order chi connectivity index (χ0) is 39.4. The second-order valence-corrected chi connectivity index (χ2v) is 11.9. The summed E-state index contributed by atoms with van der Waals surface area (Å²) in [6, 6.07) is 0. The molecular formula is C30H48F9N6O4P. The predicted octanol–water partition coefficient (Wildman–Crippen LogP) is 3.17. The third kappa shape index (κ3) is 16.9. The Kier molecular flexibility index (Phi) is 18.5. The first-order chi connectivity index (χ1) is 22.7. The second-order valence-electron chi connectivity index (χ2n) is 11.0. The highest BCUT2D eigenvalue weighted by Gasteiger charge is 2.37. The highest BCUT2D eigenvalue weighted by Crippen LogP contribution is 2.22. The third-order valence-electron chi connectivity index (χ3n) is 7.55. The molecule has 0 radical (unpaired) electrons. The van der Waals surface area contributed by atoms with Crippen molar-refractivity contribution in [1.82, 2.24) is 13.7 Å². The molecule has 0 N–H and O–H groups in total. The zero-order valence-electron chi connectivity index (χ0n) is 29.8. The van der Waals surface area contributed by atoms with Crippen molar-refractivity contribution in [3.8, 4) is 0 Å². The van der Waals surface area contributed by atoms with Crippen LogP contribution in [-0.2, 0) is 83.9 Å². The first-order valence-corrected chi connectivity index (χ1v) is 17.3. The van der Waals surface area contributed by atoms with Crippen molar-refractivity contribution in [2.45, 2.75) is 118 Å². The minimum Gasteiger partial charge on any atom is -0.822 e. The molecule has 0 unspecified atom stereocenters. The topological polar surface area (TPSA) is 113 Å². The van der Waals surface area contributed by atoms with Crippen LogP contribution in [0.2, 0.25) is 0 Å². The summed E-state index contributed by atoms with van der Waals surface area (Å²) in [4.78, 5) is 25.6. The number of aryl methyl sites for hydroxylation is 6. The van der Waals surface area contributed by atoms with Gasteiger partial charge in [0.25, 0.3) is 17.5 Å². The molecule has 0 saturated carbocycles. The number of phosphoric acid groups is 1. The maximum absolute atomic E-state index is 12.3. The van der Waals surface area contributed by atoms with Gasteiger partial charge < -0.3 is 19.2 Å². The summed E-state index contributed by atoms with van der Waals surface area (Å²) in [7, 11) is -0.329. The van der Waals surface area contributed by atoms with Gasteiger partial charge in [-0.1, -0.05) is 20.8 Å². The Morgan fingerprint density at radius 2 is 0.700 bits per heavy atom. The van der Waals surface area contributed by atoms with Crippen molar-refractivity contribution in [3.05, 3.63) is 53.1 Å². The minimum absolute atomic E-state index is 0.321. The van der Waals surface area contributed by atoms with Crippen molar-refractivity contribution in [2.24, 2.45) is 21.1 Å². The van der Waals surface area contributed by atoms with Gasteiger partial charge in [-0.3, -0.25) is 0 Å². The SMILES string of the molecule is CCc1c[n+](CC)c(CC(F)(F)F)n1C.CCc1c[n+](CC)c(CC(F)(F)F)n1C.CCc1c[n+](CC)c(CC(F)(F)F)n1C.O=P([O-])([O-])[O-]. The Hall–Kier alpha value is -2.89. The number of alkyl halides is 9. The van der Waals surface area contributed by atoms with E-state index in [0.29, 0.717) is 37.1 Å². The molecule has 0 fully saturated rings. The average molecular weight is 759 g/mol. The summed E-state index contributed by atoms with van der Waals surface area (Å²) < 4.78 is 129. The van der Waals surface area contributed by atoms with E-state index in [-0.39, 0.29) is 0 Å². The lowest BCUT2D eigenvalue weighted by Gasteiger charge is -2.36. The van der Waals surface area contributed by atoms with E-state index in [2.05, 4.69) is 0 Å².